The lowest BCUT2D eigenvalue weighted by Crippen LogP contribution is -2.54. The molecule has 0 spiro atoms. The summed E-state index contributed by atoms with van der Waals surface area (Å²) < 4.78 is 20.3. The maximum atomic E-state index is 14.6. The van der Waals surface area contributed by atoms with Crippen molar-refractivity contribution < 1.29 is 18.7 Å². The Morgan fingerprint density at radius 2 is 1.89 bits per heavy atom. The van der Waals surface area contributed by atoms with Crippen LogP contribution in [0.25, 0.3) is 0 Å². The fourth-order valence-corrected chi connectivity index (χ4v) is 3.37. The van der Waals surface area contributed by atoms with Crippen molar-refractivity contribution in [3.63, 3.8) is 0 Å². The summed E-state index contributed by atoms with van der Waals surface area (Å²) >= 11 is 0. The summed E-state index contributed by atoms with van der Waals surface area (Å²) in [7, 11) is 0. The highest BCUT2D eigenvalue weighted by Crippen LogP contribution is 2.24. The van der Waals surface area contributed by atoms with Crippen molar-refractivity contribution in [3.8, 4) is 0 Å². The highest BCUT2D eigenvalue weighted by atomic mass is 19.1. The predicted molar refractivity (Wildman–Crippen MR) is 106 cm³/mol. The van der Waals surface area contributed by atoms with Crippen LogP contribution in [-0.4, -0.2) is 43.3 Å². The number of halogens is 1. The topological polar surface area (TPSA) is 96.7 Å². The molecule has 3 atom stereocenters. The van der Waals surface area contributed by atoms with Gasteiger partial charge in [0.2, 0.25) is 5.91 Å². The number of nitrogens with one attached hydrogen (secondary N) is 2. The summed E-state index contributed by atoms with van der Waals surface area (Å²) in [4.78, 5) is 25.6. The molecular formula is C20H31FN4O3. The highest BCUT2D eigenvalue weighted by Gasteiger charge is 2.31. The maximum absolute atomic E-state index is 14.6. The number of carbonyl (C=O) groups is 2. The van der Waals surface area contributed by atoms with Crippen LogP contribution < -0.4 is 21.3 Å². The van der Waals surface area contributed by atoms with Crippen molar-refractivity contribution in [1.29, 1.82) is 0 Å². The zero-order valence-electron chi connectivity index (χ0n) is 17.2. The normalized spacial score (nSPS) is 21.1. The average molecular weight is 394 g/mol. The van der Waals surface area contributed by atoms with Gasteiger partial charge in [-0.2, -0.15) is 0 Å². The summed E-state index contributed by atoms with van der Waals surface area (Å²) in [6, 6.07) is 3.57. The van der Waals surface area contributed by atoms with Gasteiger partial charge in [0.1, 0.15) is 11.9 Å². The van der Waals surface area contributed by atoms with E-state index in [1.807, 2.05) is 39.5 Å². The number of ether oxygens (including phenoxy) is 1. The van der Waals surface area contributed by atoms with E-state index in [4.69, 9.17) is 10.5 Å². The van der Waals surface area contributed by atoms with Gasteiger partial charge in [0.15, 0.2) is 0 Å². The standard InChI is InChI=1S/C20H31FN4O3/c1-12-10-25(11-13(2)28-12)16-7-6-14(8-15(16)21)9-23-19(27)24-17(18(22)26)20(3,4)5/h6-8,12-13,17H,9-11H2,1-5H3,(H2,22,26)(H2,23,24,27)/t12-,13+,17-/m1/s1. The molecule has 1 aliphatic heterocycles. The van der Waals surface area contributed by atoms with Crippen LogP contribution >= 0.6 is 0 Å². The Bertz CT molecular complexity index is 710. The molecule has 1 fully saturated rings. The Kier molecular flexibility index (Phi) is 6.87. The molecule has 0 radical (unpaired) electrons. The number of nitrogens with two attached hydrogens (primary N) is 1. The molecule has 1 aromatic rings. The van der Waals surface area contributed by atoms with Crippen LogP contribution in [0.15, 0.2) is 18.2 Å². The highest BCUT2D eigenvalue weighted by molar-refractivity contribution is 5.86. The Balaban J connectivity index is 1.97. The van der Waals surface area contributed by atoms with Gasteiger partial charge >= 0.3 is 6.03 Å². The monoisotopic (exact) mass is 394 g/mol. The number of anilines is 1. The quantitative estimate of drug-likeness (QED) is 0.713. The largest absolute Gasteiger partial charge is 0.372 e. The zero-order valence-corrected chi connectivity index (χ0v) is 17.2. The third-order valence-electron chi connectivity index (χ3n) is 4.65. The molecule has 8 heteroatoms. The van der Waals surface area contributed by atoms with Crippen molar-refractivity contribution in [2.24, 2.45) is 11.1 Å². The first-order chi connectivity index (χ1) is 13.0. The molecule has 1 saturated heterocycles. The molecule has 0 unspecified atom stereocenters. The number of morpholine rings is 1. The number of primary amides is 1. The van der Waals surface area contributed by atoms with Gasteiger partial charge in [-0.3, -0.25) is 4.79 Å². The van der Waals surface area contributed by atoms with Crippen molar-refractivity contribution in [2.45, 2.75) is 59.4 Å². The minimum absolute atomic E-state index is 0.0363. The molecule has 4 N–H and O–H groups in total. The molecule has 1 heterocycles. The van der Waals surface area contributed by atoms with E-state index >= 15 is 0 Å². The van der Waals surface area contributed by atoms with Gasteiger partial charge in [0.05, 0.1) is 17.9 Å². The van der Waals surface area contributed by atoms with E-state index in [-0.39, 0.29) is 24.6 Å². The number of hydrogen-bond acceptors (Lipinski definition) is 4. The molecule has 7 nitrogen and oxygen atoms in total. The smallest absolute Gasteiger partial charge is 0.315 e. The molecule has 0 aromatic heterocycles. The second-order valence-electron chi connectivity index (χ2n) is 8.48. The molecule has 1 aromatic carbocycles. The summed E-state index contributed by atoms with van der Waals surface area (Å²) in [6.07, 6.45) is 0.0726. The van der Waals surface area contributed by atoms with E-state index in [0.717, 1.165) is 0 Å². The van der Waals surface area contributed by atoms with Crippen LogP contribution in [0.1, 0.15) is 40.2 Å². The molecule has 0 saturated carbocycles. The van der Waals surface area contributed by atoms with Crippen molar-refractivity contribution in [1.82, 2.24) is 10.6 Å². The van der Waals surface area contributed by atoms with Gasteiger partial charge in [0, 0.05) is 19.6 Å². The lowest BCUT2D eigenvalue weighted by Gasteiger charge is -2.37. The molecule has 0 bridgehead atoms. The van der Waals surface area contributed by atoms with Crippen molar-refractivity contribution >= 4 is 17.6 Å². The summed E-state index contributed by atoms with van der Waals surface area (Å²) in [5, 5.41) is 5.21. The second-order valence-corrected chi connectivity index (χ2v) is 8.48. The van der Waals surface area contributed by atoms with E-state index in [9.17, 15) is 14.0 Å². The lowest BCUT2D eigenvalue weighted by molar-refractivity contribution is -0.122. The Morgan fingerprint density at radius 1 is 1.29 bits per heavy atom. The van der Waals surface area contributed by atoms with E-state index in [1.54, 1.807) is 12.1 Å². The third-order valence-corrected chi connectivity index (χ3v) is 4.65. The number of carbonyl (C=O) groups excluding carboxylic acids is 2. The summed E-state index contributed by atoms with van der Waals surface area (Å²) in [5.41, 5.74) is 6.00. The van der Waals surface area contributed by atoms with E-state index in [2.05, 4.69) is 10.6 Å². The van der Waals surface area contributed by atoms with Crippen LogP contribution in [0, 0.1) is 11.2 Å². The SMILES string of the molecule is C[C@@H]1CN(c2ccc(CNC(=O)N[C@H](C(N)=O)C(C)(C)C)cc2F)C[C@H](C)O1. The molecule has 28 heavy (non-hydrogen) atoms. The molecule has 0 aliphatic carbocycles. The maximum Gasteiger partial charge on any atom is 0.315 e. The number of amides is 3. The molecule has 1 aliphatic rings. The van der Waals surface area contributed by atoms with Gasteiger partial charge in [-0.1, -0.05) is 26.8 Å². The van der Waals surface area contributed by atoms with Crippen LogP contribution in [0.2, 0.25) is 0 Å². The molecular weight excluding hydrogens is 363 g/mol. The van der Waals surface area contributed by atoms with E-state index in [0.29, 0.717) is 24.3 Å². The number of hydrogen-bond donors (Lipinski definition) is 3. The van der Waals surface area contributed by atoms with Gasteiger partial charge < -0.3 is 26.0 Å². The average Bonchev–Trinajstić information content (AvgIpc) is 2.55. The molecule has 156 valence electrons. The predicted octanol–water partition coefficient (Wildman–Crippen LogP) is 2.14. The lowest BCUT2D eigenvalue weighted by atomic mass is 9.86. The Labute approximate surface area is 165 Å². The first-order valence-corrected chi connectivity index (χ1v) is 9.50. The third kappa shape index (κ3) is 5.82. The zero-order chi connectivity index (χ0) is 21.1. The number of rotatable bonds is 5. The van der Waals surface area contributed by atoms with Crippen LogP contribution in [-0.2, 0) is 16.1 Å². The number of benzene rings is 1. The van der Waals surface area contributed by atoms with E-state index < -0.39 is 23.4 Å². The minimum Gasteiger partial charge on any atom is -0.372 e. The van der Waals surface area contributed by atoms with Crippen molar-refractivity contribution in [3.05, 3.63) is 29.6 Å². The molecule has 3 amide bonds. The molecule has 2 rings (SSSR count). The first kappa shape index (κ1) is 21.9. The van der Waals surface area contributed by atoms with Gasteiger partial charge in [-0.15, -0.1) is 0 Å². The van der Waals surface area contributed by atoms with Crippen molar-refractivity contribution in [2.75, 3.05) is 18.0 Å². The number of nitrogens with zero attached hydrogens (tertiary/aromatic N) is 1. The Hall–Kier alpha value is -2.35. The fourth-order valence-electron chi connectivity index (χ4n) is 3.37. The van der Waals surface area contributed by atoms with Gasteiger partial charge in [0.25, 0.3) is 0 Å². The van der Waals surface area contributed by atoms with Gasteiger partial charge in [-0.05, 0) is 37.0 Å². The first-order valence-electron chi connectivity index (χ1n) is 9.50. The van der Waals surface area contributed by atoms with Gasteiger partial charge in [-0.25, -0.2) is 9.18 Å². The fraction of sp³-hybridized carbons (Fsp3) is 0.600. The van der Waals surface area contributed by atoms with Crippen LogP contribution in [0.4, 0.5) is 14.9 Å². The summed E-state index contributed by atoms with van der Waals surface area (Å²) in [5.74, 6) is -0.947. The number of urea groups is 1. The van der Waals surface area contributed by atoms with Crippen LogP contribution in [0.5, 0.6) is 0 Å². The minimum atomic E-state index is -0.808. The van der Waals surface area contributed by atoms with E-state index in [1.165, 1.54) is 6.07 Å². The Morgan fingerprint density at radius 3 is 2.39 bits per heavy atom. The second kappa shape index (κ2) is 8.77. The summed E-state index contributed by atoms with van der Waals surface area (Å²) in [6.45, 7) is 10.8. The van der Waals surface area contributed by atoms with Crippen LogP contribution in [0.3, 0.4) is 0 Å².